The first-order valence-corrected chi connectivity index (χ1v) is 9.19. The van der Waals surface area contributed by atoms with Gasteiger partial charge in [-0.3, -0.25) is 0 Å². The monoisotopic (exact) mass is 287 g/mol. The quantitative estimate of drug-likeness (QED) is 0.727. The SMILES string of the molecule is C[C@@]12C[C@@H]3CC[C@H]4C[C@H](O)CC[C@@H]4[C@H]3C[C@H]1CC[C@H]2C#N. The lowest BCUT2D eigenvalue weighted by atomic mass is 9.50. The Balaban J connectivity index is 1.55. The molecule has 0 radical (unpaired) electrons. The summed E-state index contributed by atoms with van der Waals surface area (Å²) in [5.41, 5.74) is 0.316. The van der Waals surface area contributed by atoms with Gasteiger partial charge in [0.25, 0.3) is 0 Å². The summed E-state index contributed by atoms with van der Waals surface area (Å²) < 4.78 is 0. The van der Waals surface area contributed by atoms with Crippen LogP contribution in [0.15, 0.2) is 0 Å². The van der Waals surface area contributed by atoms with Crippen LogP contribution in [0, 0.1) is 52.3 Å². The Hall–Kier alpha value is -0.550. The van der Waals surface area contributed by atoms with E-state index >= 15 is 0 Å². The van der Waals surface area contributed by atoms with Crippen LogP contribution in [0.5, 0.6) is 0 Å². The number of rotatable bonds is 0. The Kier molecular flexibility index (Phi) is 3.34. The van der Waals surface area contributed by atoms with Gasteiger partial charge in [0.15, 0.2) is 0 Å². The molecule has 0 aromatic carbocycles. The molecule has 0 aliphatic heterocycles. The third-order valence-corrected chi connectivity index (χ3v) is 8.02. The van der Waals surface area contributed by atoms with Crippen molar-refractivity contribution >= 4 is 0 Å². The molecule has 4 saturated carbocycles. The molecule has 0 saturated heterocycles. The van der Waals surface area contributed by atoms with Gasteiger partial charge in [-0.25, -0.2) is 0 Å². The summed E-state index contributed by atoms with van der Waals surface area (Å²) in [5, 5.41) is 19.5. The first kappa shape index (κ1) is 14.1. The van der Waals surface area contributed by atoms with Gasteiger partial charge < -0.3 is 5.11 Å². The minimum atomic E-state index is -0.0221. The van der Waals surface area contributed by atoms with Crippen molar-refractivity contribution in [1.29, 1.82) is 5.26 Å². The van der Waals surface area contributed by atoms with Crippen molar-refractivity contribution < 1.29 is 5.11 Å². The molecule has 21 heavy (non-hydrogen) atoms. The lowest BCUT2D eigenvalue weighted by Gasteiger charge is -2.54. The van der Waals surface area contributed by atoms with Gasteiger partial charge in [-0.1, -0.05) is 6.92 Å². The van der Waals surface area contributed by atoms with Gasteiger partial charge in [0.05, 0.1) is 18.1 Å². The molecular formula is C19H29NO. The van der Waals surface area contributed by atoms with E-state index in [4.69, 9.17) is 0 Å². The zero-order valence-corrected chi connectivity index (χ0v) is 13.3. The summed E-state index contributed by atoms with van der Waals surface area (Å²) in [4.78, 5) is 0. The van der Waals surface area contributed by atoms with E-state index < -0.39 is 0 Å². The molecule has 8 atom stereocenters. The third-order valence-electron chi connectivity index (χ3n) is 8.02. The summed E-state index contributed by atoms with van der Waals surface area (Å²) in [7, 11) is 0. The molecule has 2 heteroatoms. The fourth-order valence-corrected chi connectivity index (χ4v) is 6.88. The maximum atomic E-state index is 9.97. The Labute approximate surface area is 128 Å². The number of fused-ring (bicyclic) bond motifs is 4. The highest BCUT2D eigenvalue weighted by Crippen LogP contribution is 2.63. The summed E-state index contributed by atoms with van der Waals surface area (Å²) >= 11 is 0. The molecule has 4 fully saturated rings. The molecule has 1 N–H and O–H groups in total. The fraction of sp³-hybridized carbons (Fsp3) is 0.947. The summed E-state index contributed by atoms with van der Waals surface area (Å²) in [5.74, 6) is 4.58. The van der Waals surface area contributed by atoms with Crippen molar-refractivity contribution in [3.05, 3.63) is 0 Å². The van der Waals surface area contributed by atoms with Crippen LogP contribution in [0.3, 0.4) is 0 Å². The van der Waals surface area contributed by atoms with Crippen molar-refractivity contribution in [3.8, 4) is 6.07 Å². The van der Waals surface area contributed by atoms with Crippen molar-refractivity contribution in [2.45, 2.75) is 70.8 Å². The molecule has 116 valence electrons. The van der Waals surface area contributed by atoms with E-state index in [1.165, 1.54) is 38.5 Å². The van der Waals surface area contributed by atoms with Crippen LogP contribution >= 0.6 is 0 Å². The molecule has 0 amide bonds. The van der Waals surface area contributed by atoms with Crippen LogP contribution in [0.25, 0.3) is 0 Å². The van der Waals surface area contributed by atoms with Gasteiger partial charge in [-0.15, -0.1) is 0 Å². The average molecular weight is 287 g/mol. The summed E-state index contributed by atoms with van der Waals surface area (Å²) in [6.07, 6.45) is 11.2. The predicted octanol–water partition coefficient (Wildman–Crippen LogP) is 4.14. The van der Waals surface area contributed by atoms with E-state index in [-0.39, 0.29) is 6.10 Å². The molecule has 0 unspecified atom stereocenters. The smallest absolute Gasteiger partial charge is 0.0661 e. The second-order valence-electron chi connectivity index (χ2n) is 8.79. The molecule has 4 aliphatic rings. The van der Waals surface area contributed by atoms with E-state index in [2.05, 4.69) is 13.0 Å². The Morgan fingerprint density at radius 3 is 2.57 bits per heavy atom. The lowest BCUT2D eigenvalue weighted by Crippen LogP contribution is -2.47. The number of aliphatic hydroxyl groups is 1. The Morgan fingerprint density at radius 2 is 1.76 bits per heavy atom. The molecule has 0 aromatic rings. The first-order valence-electron chi connectivity index (χ1n) is 9.19. The zero-order chi connectivity index (χ0) is 14.6. The van der Waals surface area contributed by atoms with Gasteiger partial charge in [-0.05, 0) is 92.8 Å². The zero-order valence-electron chi connectivity index (χ0n) is 13.3. The highest BCUT2D eigenvalue weighted by molar-refractivity contribution is 5.09. The number of nitriles is 1. The van der Waals surface area contributed by atoms with Gasteiger partial charge >= 0.3 is 0 Å². The Morgan fingerprint density at radius 1 is 0.952 bits per heavy atom. The second-order valence-corrected chi connectivity index (χ2v) is 8.79. The van der Waals surface area contributed by atoms with Gasteiger partial charge in [0.2, 0.25) is 0 Å². The minimum absolute atomic E-state index is 0.0221. The number of aliphatic hydroxyl groups excluding tert-OH is 1. The number of hydrogen-bond donors (Lipinski definition) is 1. The molecule has 0 bridgehead atoms. The molecule has 4 aliphatic carbocycles. The maximum Gasteiger partial charge on any atom is 0.0661 e. The van der Waals surface area contributed by atoms with E-state index in [1.54, 1.807) is 0 Å². The third kappa shape index (κ3) is 2.07. The first-order chi connectivity index (χ1) is 10.1. The topological polar surface area (TPSA) is 44.0 Å². The highest BCUT2D eigenvalue weighted by atomic mass is 16.3. The summed E-state index contributed by atoms with van der Waals surface area (Å²) in [6.45, 7) is 2.42. The fourth-order valence-electron chi connectivity index (χ4n) is 6.88. The van der Waals surface area contributed by atoms with Crippen LogP contribution in [-0.4, -0.2) is 11.2 Å². The maximum absolute atomic E-state index is 9.97. The van der Waals surface area contributed by atoms with Crippen LogP contribution in [-0.2, 0) is 0 Å². The van der Waals surface area contributed by atoms with Crippen molar-refractivity contribution in [1.82, 2.24) is 0 Å². The average Bonchev–Trinajstić information content (AvgIpc) is 2.80. The van der Waals surface area contributed by atoms with Crippen LogP contribution in [0.4, 0.5) is 0 Å². The predicted molar refractivity (Wildman–Crippen MR) is 82.2 cm³/mol. The van der Waals surface area contributed by atoms with Crippen LogP contribution < -0.4 is 0 Å². The second kappa shape index (κ2) is 4.98. The molecule has 0 heterocycles. The number of nitrogens with zero attached hydrogens (tertiary/aromatic N) is 1. The molecule has 0 aromatic heterocycles. The molecular weight excluding hydrogens is 258 g/mol. The van der Waals surface area contributed by atoms with E-state index in [0.29, 0.717) is 11.3 Å². The summed E-state index contributed by atoms with van der Waals surface area (Å²) in [6, 6.07) is 2.63. The largest absolute Gasteiger partial charge is 0.393 e. The standard InChI is InChI=1S/C19H29NO/c1-19-10-13-3-2-12-8-16(21)6-7-17(12)18(13)9-14(19)4-5-15(19)11-20/h12-18,21H,2-10H2,1H3/t12-,13-,14+,15-,16+,17-,18-,19+/m0/s1. The van der Waals surface area contributed by atoms with Crippen molar-refractivity contribution in [3.63, 3.8) is 0 Å². The normalized spacial score (nSPS) is 56.0. The lowest BCUT2D eigenvalue weighted by molar-refractivity contribution is -0.0630. The van der Waals surface area contributed by atoms with Crippen LogP contribution in [0.1, 0.15) is 64.7 Å². The van der Waals surface area contributed by atoms with Crippen molar-refractivity contribution in [2.75, 3.05) is 0 Å². The van der Waals surface area contributed by atoms with Crippen LogP contribution in [0.2, 0.25) is 0 Å². The molecule has 0 spiro atoms. The number of hydrogen-bond acceptors (Lipinski definition) is 2. The van der Waals surface area contributed by atoms with E-state index in [9.17, 15) is 10.4 Å². The van der Waals surface area contributed by atoms with Gasteiger partial charge in [-0.2, -0.15) is 5.26 Å². The van der Waals surface area contributed by atoms with Crippen molar-refractivity contribution in [2.24, 2.45) is 40.9 Å². The minimum Gasteiger partial charge on any atom is -0.393 e. The van der Waals surface area contributed by atoms with Gasteiger partial charge in [0, 0.05) is 0 Å². The van der Waals surface area contributed by atoms with E-state index in [1.807, 2.05) is 0 Å². The van der Waals surface area contributed by atoms with E-state index in [0.717, 1.165) is 48.9 Å². The molecule has 2 nitrogen and oxygen atoms in total. The Bertz CT molecular complexity index is 455. The van der Waals surface area contributed by atoms with Gasteiger partial charge in [0.1, 0.15) is 0 Å². The highest BCUT2D eigenvalue weighted by Gasteiger charge is 2.55. The molecule has 4 rings (SSSR count).